The summed E-state index contributed by atoms with van der Waals surface area (Å²) >= 11 is 0. The molecular formula is C21H15F2N3O4. The smallest absolute Gasteiger partial charge is 0.323 e. The van der Waals surface area contributed by atoms with E-state index in [2.05, 4.69) is 22.5 Å². The van der Waals surface area contributed by atoms with Crippen LogP contribution in [0.4, 0.5) is 13.6 Å². The molecule has 2 aliphatic heterocycles. The number of nitrogens with zero attached hydrogens (tertiary/aromatic N) is 1. The Balaban J connectivity index is 1.66. The molecule has 2 N–H and O–H groups in total. The summed E-state index contributed by atoms with van der Waals surface area (Å²) in [5.74, 6) is 2.78. The minimum absolute atomic E-state index is 0.148. The Bertz CT molecular complexity index is 1150. The van der Waals surface area contributed by atoms with Gasteiger partial charge in [0.15, 0.2) is 0 Å². The molecule has 2 aromatic rings. The molecule has 30 heavy (non-hydrogen) atoms. The number of nitrogens with one attached hydrogen (secondary N) is 2. The van der Waals surface area contributed by atoms with E-state index < -0.39 is 29.1 Å². The Hall–Kier alpha value is -3.93. The molecule has 4 rings (SSSR count). The van der Waals surface area contributed by atoms with E-state index in [-0.39, 0.29) is 24.6 Å². The molecule has 2 aromatic carbocycles. The number of hydrogen-bond acceptors (Lipinski definition) is 4. The predicted octanol–water partition coefficient (Wildman–Crippen LogP) is 1.56. The third-order valence-corrected chi connectivity index (χ3v) is 4.91. The van der Waals surface area contributed by atoms with Gasteiger partial charge >= 0.3 is 6.03 Å². The van der Waals surface area contributed by atoms with Crippen molar-refractivity contribution in [3.05, 3.63) is 64.7 Å². The van der Waals surface area contributed by atoms with Gasteiger partial charge in [-0.05, 0) is 29.8 Å². The lowest BCUT2D eigenvalue weighted by atomic mass is 9.99. The number of benzene rings is 2. The van der Waals surface area contributed by atoms with E-state index in [9.17, 15) is 23.2 Å². The van der Waals surface area contributed by atoms with Crippen LogP contribution in [-0.4, -0.2) is 41.9 Å². The van der Waals surface area contributed by atoms with Crippen LogP contribution in [-0.2, 0) is 11.3 Å². The summed E-state index contributed by atoms with van der Waals surface area (Å²) in [6.45, 7) is -0.0497. The minimum atomic E-state index is -1.78. The Morgan fingerprint density at radius 1 is 1.17 bits per heavy atom. The van der Waals surface area contributed by atoms with Crippen molar-refractivity contribution in [3.8, 4) is 17.6 Å². The molecule has 152 valence electrons. The van der Waals surface area contributed by atoms with Crippen molar-refractivity contribution in [3.63, 3.8) is 0 Å². The first-order valence-electron chi connectivity index (χ1n) is 8.89. The van der Waals surface area contributed by atoms with Gasteiger partial charge in [-0.2, -0.15) is 0 Å². The third-order valence-electron chi connectivity index (χ3n) is 4.91. The lowest BCUT2D eigenvalue weighted by Gasteiger charge is -2.26. The number of urea groups is 1. The summed E-state index contributed by atoms with van der Waals surface area (Å²) in [5.41, 5.74) is -0.768. The van der Waals surface area contributed by atoms with Crippen LogP contribution in [0.5, 0.6) is 5.75 Å². The fourth-order valence-corrected chi connectivity index (χ4v) is 3.38. The molecule has 0 aliphatic carbocycles. The van der Waals surface area contributed by atoms with Crippen LogP contribution in [0.3, 0.4) is 0 Å². The highest BCUT2D eigenvalue weighted by atomic mass is 19.1. The average Bonchev–Trinajstić information content (AvgIpc) is 3.16. The van der Waals surface area contributed by atoms with E-state index in [4.69, 9.17) is 4.74 Å². The zero-order valence-electron chi connectivity index (χ0n) is 15.7. The van der Waals surface area contributed by atoms with Crippen LogP contribution in [0.2, 0.25) is 0 Å². The van der Waals surface area contributed by atoms with Crippen molar-refractivity contribution in [2.75, 3.05) is 13.7 Å². The Morgan fingerprint density at radius 3 is 2.63 bits per heavy atom. The topological polar surface area (TPSA) is 87.7 Å². The van der Waals surface area contributed by atoms with E-state index in [0.29, 0.717) is 17.4 Å². The molecule has 2 heterocycles. The van der Waals surface area contributed by atoms with Crippen molar-refractivity contribution in [1.29, 1.82) is 0 Å². The second-order valence-electron chi connectivity index (χ2n) is 6.87. The van der Waals surface area contributed by atoms with Crippen LogP contribution in [0.15, 0.2) is 36.4 Å². The molecule has 2 aliphatic rings. The number of carbonyl (C=O) groups excluding carboxylic acids is 3. The number of carbonyl (C=O) groups is 3. The van der Waals surface area contributed by atoms with Gasteiger partial charge in [-0.15, -0.1) is 0 Å². The van der Waals surface area contributed by atoms with Gasteiger partial charge in [0, 0.05) is 18.2 Å². The van der Waals surface area contributed by atoms with Crippen molar-refractivity contribution in [2.24, 2.45) is 0 Å². The van der Waals surface area contributed by atoms with Crippen molar-refractivity contribution >= 4 is 17.8 Å². The normalized spacial score (nSPS) is 19.7. The van der Waals surface area contributed by atoms with E-state index in [1.165, 1.54) is 12.0 Å². The number of ether oxygens (including phenoxy) is 1. The fourth-order valence-electron chi connectivity index (χ4n) is 3.38. The summed E-state index contributed by atoms with van der Waals surface area (Å²) in [7, 11) is 1.48. The molecule has 0 spiro atoms. The Morgan fingerprint density at radius 2 is 1.97 bits per heavy atom. The molecule has 1 unspecified atom stereocenters. The molecule has 1 fully saturated rings. The monoisotopic (exact) mass is 411 g/mol. The summed E-state index contributed by atoms with van der Waals surface area (Å²) in [6.07, 6.45) is 0. The number of rotatable bonds is 3. The second-order valence-corrected chi connectivity index (χ2v) is 6.87. The highest BCUT2D eigenvalue weighted by Crippen LogP contribution is 2.28. The van der Waals surface area contributed by atoms with E-state index >= 15 is 0 Å². The number of fused-ring (bicyclic) bond motifs is 1. The zero-order chi connectivity index (χ0) is 21.5. The molecule has 1 atom stereocenters. The van der Waals surface area contributed by atoms with Gasteiger partial charge in [0.25, 0.3) is 11.8 Å². The van der Waals surface area contributed by atoms with Gasteiger partial charge in [-0.3, -0.25) is 14.9 Å². The quantitative estimate of drug-likeness (QED) is 0.593. The first-order valence-corrected chi connectivity index (χ1v) is 8.89. The Labute approximate surface area is 170 Å². The highest BCUT2D eigenvalue weighted by molar-refractivity contribution is 6.10. The predicted molar refractivity (Wildman–Crippen MR) is 100 cm³/mol. The number of imide groups is 1. The SMILES string of the molecule is COc1ccc2c(c1)C(=O)N(CC1(C#Cc3ccc(F)cc3F)NC(=O)NC1=O)C2. The maximum absolute atomic E-state index is 13.9. The van der Waals surface area contributed by atoms with Gasteiger partial charge in [0.1, 0.15) is 17.4 Å². The minimum Gasteiger partial charge on any atom is -0.497 e. The molecule has 4 amide bonds. The number of hydrogen-bond donors (Lipinski definition) is 2. The summed E-state index contributed by atoms with van der Waals surface area (Å²) in [5, 5.41) is 4.52. The average molecular weight is 411 g/mol. The van der Waals surface area contributed by atoms with Crippen molar-refractivity contribution in [1.82, 2.24) is 15.5 Å². The van der Waals surface area contributed by atoms with Crippen LogP contribution in [0, 0.1) is 23.5 Å². The number of methoxy groups -OCH3 is 1. The first kappa shape index (κ1) is 19.4. The molecule has 0 bridgehead atoms. The zero-order valence-corrected chi connectivity index (χ0v) is 15.7. The van der Waals surface area contributed by atoms with Gasteiger partial charge in [-0.1, -0.05) is 17.9 Å². The summed E-state index contributed by atoms with van der Waals surface area (Å²) in [6, 6.07) is 7.09. The molecule has 0 saturated carbocycles. The molecule has 1 saturated heterocycles. The Kier molecular flexibility index (Phi) is 4.62. The molecule has 7 nitrogen and oxygen atoms in total. The third kappa shape index (κ3) is 3.33. The maximum Gasteiger partial charge on any atom is 0.323 e. The number of amides is 4. The van der Waals surface area contributed by atoms with Gasteiger partial charge in [-0.25, -0.2) is 13.6 Å². The van der Waals surface area contributed by atoms with Crippen molar-refractivity contribution in [2.45, 2.75) is 12.1 Å². The molecule has 9 heteroatoms. The van der Waals surface area contributed by atoms with Gasteiger partial charge in [0.2, 0.25) is 5.54 Å². The molecular weight excluding hydrogens is 396 g/mol. The van der Waals surface area contributed by atoms with Gasteiger partial charge < -0.3 is 15.0 Å². The lowest BCUT2D eigenvalue weighted by molar-refractivity contribution is -0.122. The largest absolute Gasteiger partial charge is 0.497 e. The van der Waals surface area contributed by atoms with Crippen molar-refractivity contribution < 1.29 is 27.9 Å². The lowest BCUT2D eigenvalue weighted by Crippen LogP contribution is -2.54. The van der Waals surface area contributed by atoms with Crippen LogP contribution >= 0.6 is 0 Å². The van der Waals surface area contributed by atoms with Gasteiger partial charge in [0.05, 0.1) is 19.2 Å². The van der Waals surface area contributed by atoms with E-state index in [1.54, 1.807) is 18.2 Å². The standard InChI is InChI=1S/C21H15F2N3O4/c1-30-15-5-3-13-10-26(18(27)16(13)9-15)11-21(19(28)24-20(29)25-21)7-6-12-2-4-14(22)8-17(12)23/h2-5,8-9H,10-11H2,1H3,(H2,24,25,28,29). The van der Waals surface area contributed by atoms with Crippen LogP contribution in [0.1, 0.15) is 21.5 Å². The summed E-state index contributed by atoms with van der Waals surface area (Å²) in [4.78, 5) is 38.5. The second kappa shape index (κ2) is 7.15. The highest BCUT2D eigenvalue weighted by Gasteiger charge is 2.48. The summed E-state index contributed by atoms with van der Waals surface area (Å²) < 4.78 is 32.2. The number of halogens is 2. The maximum atomic E-state index is 13.9. The molecule has 0 radical (unpaired) electrons. The van der Waals surface area contributed by atoms with E-state index in [0.717, 1.165) is 17.7 Å². The van der Waals surface area contributed by atoms with Crippen LogP contribution < -0.4 is 15.4 Å². The molecule has 0 aromatic heterocycles. The first-order chi connectivity index (χ1) is 14.3. The van der Waals surface area contributed by atoms with E-state index in [1.807, 2.05) is 0 Å². The fraction of sp³-hybridized carbons (Fsp3) is 0.190. The van der Waals surface area contributed by atoms with Crippen LogP contribution in [0.25, 0.3) is 0 Å².